The van der Waals surface area contributed by atoms with Crippen LogP contribution in [0.1, 0.15) is 21.6 Å². The van der Waals surface area contributed by atoms with Gasteiger partial charge in [0.05, 0.1) is 0 Å². The Labute approximate surface area is 120 Å². The van der Waals surface area contributed by atoms with Crippen molar-refractivity contribution in [2.75, 3.05) is 0 Å². The summed E-state index contributed by atoms with van der Waals surface area (Å²) in [5.74, 6) is -0.199. The molecule has 3 N–H and O–H groups in total. The molecule has 0 spiro atoms. The van der Waals surface area contributed by atoms with Gasteiger partial charge in [0.1, 0.15) is 5.69 Å². The number of rotatable bonds is 4. The minimum Gasteiger partial charge on any atom is -0.347 e. The van der Waals surface area contributed by atoms with E-state index >= 15 is 0 Å². The van der Waals surface area contributed by atoms with Gasteiger partial charge in [0.15, 0.2) is 0 Å². The zero-order valence-electron chi connectivity index (χ0n) is 10.3. The second kappa shape index (κ2) is 6.45. The van der Waals surface area contributed by atoms with E-state index in [1.807, 2.05) is 24.3 Å². The number of benzene rings is 1. The zero-order chi connectivity index (χ0) is 13.7. The van der Waals surface area contributed by atoms with Gasteiger partial charge in [0.2, 0.25) is 0 Å². The van der Waals surface area contributed by atoms with Crippen molar-refractivity contribution in [3.8, 4) is 0 Å². The normalized spacial score (nSPS) is 10.2. The van der Waals surface area contributed by atoms with Crippen LogP contribution in [0.4, 0.5) is 0 Å². The van der Waals surface area contributed by atoms with Gasteiger partial charge in [0.25, 0.3) is 5.91 Å². The van der Waals surface area contributed by atoms with E-state index in [2.05, 4.69) is 26.2 Å². The number of carbonyl (C=O) groups is 1. The quantitative estimate of drug-likeness (QED) is 0.908. The molecular weight excluding hydrogens is 306 g/mol. The Morgan fingerprint density at radius 3 is 2.53 bits per heavy atom. The summed E-state index contributed by atoms with van der Waals surface area (Å²) < 4.78 is 0.686. The first-order chi connectivity index (χ1) is 9.20. The standard InChI is InChI=1S/C14H14BrN3O/c15-12-2-1-7-17-13(12)14(19)18-9-11-5-3-10(8-16)4-6-11/h1-7H,8-9,16H2,(H,18,19). The third kappa shape index (κ3) is 3.62. The first-order valence-corrected chi connectivity index (χ1v) is 6.66. The third-order valence-corrected chi connectivity index (χ3v) is 3.33. The molecule has 0 saturated heterocycles. The molecule has 0 aliphatic rings. The maximum Gasteiger partial charge on any atom is 0.271 e. The molecule has 1 aromatic heterocycles. The lowest BCUT2D eigenvalue weighted by Crippen LogP contribution is -2.24. The van der Waals surface area contributed by atoms with Crippen LogP contribution in [0.2, 0.25) is 0 Å². The van der Waals surface area contributed by atoms with Crippen molar-refractivity contribution < 1.29 is 4.79 Å². The Morgan fingerprint density at radius 2 is 1.89 bits per heavy atom. The zero-order valence-corrected chi connectivity index (χ0v) is 11.9. The third-order valence-electron chi connectivity index (χ3n) is 2.69. The molecular formula is C14H14BrN3O. The molecule has 1 heterocycles. The van der Waals surface area contributed by atoms with Crippen LogP contribution in [0.3, 0.4) is 0 Å². The lowest BCUT2D eigenvalue weighted by molar-refractivity contribution is 0.0945. The Bertz CT molecular complexity index is 569. The summed E-state index contributed by atoms with van der Waals surface area (Å²) in [6, 6.07) is 11.4. The van der Waals surface area contributed by atoms with Gasteiger partial charge >= 0.3 is 0 Å². The van der Waals surface area contributed by atoms with E-state index in [1.54, 1.807) is 18.3 Å². The summed E-state index contributed by atoms with van der Waals surface area (Å²) in [5.41, 5.74) is 8.02. The molecule has 0 aliphatic heterocycles. The van der Waals surface area contributed by atoms with Crippen LogP contribution in [0.5, 0.6) is 0 Å². The van der Waals surface area contributed by atoms with Crippen molar-refractivity contribution in [1.29, 1.82) is 0 Å². The fourth-order valence-corrected chi connectivity index (χ4v) is 2.05. The van der Waals surface area contributed by atoms with Crippen molar-refractivity contribution in [1.82, 2.24) is 10.3 Å². The second-order valence-corrected chi connectivity index (χ2v) is 4.89. The number of nitrogens with zero attached hydrogens (tertiary/aromatic N) is 1. The van der Waals surface area contributed by atoms with E-state index in [-0.39, 0.29) is 5.91 Å². The van der Waals surface area contributed by atoms with E-state index in [9.17, 15) is 4.79 Å². The van der Waals surface area contributed by atoms with Gasteiger partial charge in [-0.3, -0.25) is 4.79 Å². The molecule has 2 aromatic rings. The minimum absolute atomic E-state index is 0.199. The van der Waals surface area contributed by atoms with E-state index in [4.69, 9.17) is 5.73 Å². The number of hydrogen-bond donors (Lipinski definition) is 2. The Morgan fingerprint density at radius 1 is 1.21 bits per heavy atom. The highest BCUT2D eigenvalue weighted by molar-refractivity contribution is 9.10. The number of aromatic nitrogens is 1. The number of nitrogens with one attached hydrogen (secondary N) is 1. The number of pyridine rings is 1. The van der Waals surface area contributed by atoms with Crippen LogP contribution >= 0.6 is 15.9 Å². The molecule has 1 amide bonds. The maximum atomic E-state index is 11.9. The van der Waals surface area contributed by atoms with Crippen molar-refractivity contribution in [3.63, 3.8) is 0 Å². The first-order valence-electron chi connectivity index (χ1n) is 5.87. The highest BCUT2D eigenvalue weighted by Crippen LogP contribution is 2.13. The van der Waals surface area contributed by atoms with Crippen molar-refractivity contribution in [2.24, 2.45) is 5.73 Å². The van der Waals surface area contributed by atoms with Gasteiger partial charge in [0, 0.05) is 23.8 Å². The molecule has 5 heteroatoms. The molecule has 0 saturated carbocycles. The predicted octanol–water partition coefficient (Wildman–Crippen LogP) is 2.23. The summed E-state index contributed by atoms with van der Waals surface area (Å²) in [7, 11) is 0. The first kappa shape index (κ1) is 13.7. The van der Waals surface area contributed by atoms with E-state index in [0.29, 0.717) is 23.3 Å². The van der Waals surface area contributed by atoms with E-state index in [1.165, 1.54) is 0 Å². The van der Waals surface area contributed by atoms with Crippen LogP contribution in [0.25, 0.3) is 0 Å². The fourth-order valence-electron chi connectivity index (χ4n) is 1.61. The molecule has 2 rings (SSSR count). The maximum absolute atomic E-state index is 11.9. The monoisotopic (exact) mass is 319 g/mol. The van der Waals surface area contributed by atoms with E-state index < -0.39 is 0 Å². The van der Waals surface area contributed by atoms with Crippen molar-refractivity contribution in [3.05, 3.63) is 63.9 Å². The second-order valence-electron chi connectivity index (χ2n) is 4.04. The molecule has 98 valence electrons. The summed E-state index contributed by atoms with van der Waals surface area (Å²) in [6.45, 7) is 0.986. The van der Waals surface area contributed by atoms with Crippen molar-refractivity contribution in [2.45, 2.75) is 13.1 Å². The summed E-state index contributed by atoms with van der Waals surface area (Å²) in [4.78, 5) is 16.0. The molecule has 0 unspecified atom stereocenters. The van der Waals surface area contributed by atoms with Gasteiger partial charge in [-0.15, -0.1) is 0 Å². The molecule has 0 radical (unpaired) electrons. The van der Waals surface area contributed by atoms with Crippen LogP contribution in [-0.4, -0.2) is 10.9 Å². The van der Waals surface area contributed by atoms with Crippen LogP contribution in [-0.2, 0) is 13.1 Å². The molecule has 0 bridgehead atoms. The lowest BCUT2D eigenvalue weighted by Gasteiger charge is -2.06. The molecule has 19 heavy (non-hydrogen) atoms. The van der Waals surface area contributed by atoms with Crippen LogP contribution in [0, 0.1) is 0 Å². The SMILES string of the molecule is NCc1ccc(CNC(=O)c2ncccc2Br)cc1. The molecule has 0 atom stereocenters. The number of halogens is 1. The smallest absolute Gasteiger partial charge is 0.271 e. The highest BCUT2D eigenvalue weighted by atomic mass is 79.9. The predicted molar refractivity (Wildman–Crippen MR) is 77.4 cm³/mol. The fraction of sp³-hybridized carbons (Fsp3) is 0.143. The minimum atomic E-state index is -0.199. The largest absolute Gasteiger partial charge is 0.347 e. The number of hydrogen-bond acceptors (Lipinski definition) is 3. The number of carbonyl (C=O) groups excluding carboxylic acids is 1. The summed E-state index contributed by atoms with van der Waals surface area (Å²) in [5, 5.41) is 2.83. The topological polar surface area (TPSA) is 68.0 Å². The Hall–Kier alpha value is -1.72. The number of nitrogens with two attached hydrogens (primary N) is 1. The van der Waals surface area contributed by atoms with Crippen LogP contribution in [0.15, 0.2) is 47.1 Å². The summed E-state index contributed by atoms with van der Waals surface area (Å²) in [6.07, 6.45) is 1.59. The molecule has 4 nitrogen and oxygen atoms in total. The summed E-state index contributed by atoms with van der Waals surface area (Å²) >= 11 is 3.30. The average Bonchev–Trinajstić information content (AvgIpc) is 2.46. The van der Waals surface area contributed by atoms with E-state index in [0.717, 1.165) is 11.1 Å². The van der Waals surface area contributed by atoms with Gasteiger partial charge < -0.3 is 11.1 Å². The molecule has 0 aliphatic carbocycles. The Balaban J connectivity index is 1.98. The Kier molecular flexibility index (Phi) is 4.65. The van der Waals surface area contributed by atoms with Crippen LogP contribution < -0.4 is 11.1 Å². The van der Waals surface area contributed by atoms with Gasteiger partial charge in [-0.2, -0.15) is 0 Å². The molecule has 1 aromatic carbocycles. The van der Waals surface area contributed by atoms with Gasteiger partial charge in [-0.05, 0) is 39.2 Å². The number of amides is 1. The van der Waals surface area contributed by atoms with Gasteiger partial charge in [-0.25, -0.2) is 4.98 Å². The average molecular weight is 320 g/mol. The lowest BCUT2D eigenvalue weighted by atomic mass is 10.1. The van der Waals surface area contributed by atoms with Gasteiger partial charge in [-0.1, -0.05) is 24.3 Å². The van der Waals surface area contributed by atoms with Crippen molar-refractivity contribution >= 4 is 21.8 Å². The highest BCUT2D eigenvalue weighted by Gasteiger charge is 2.10. The molecule has 0 fully saturated rings.